The van der Waals surface area contributed by atoms with E-state index in [4.69, 9.17) is 17.0 Å². The zero-order valence-electron chi connectivity index (χ0n) is 15.9. The summed E-state index contributed by atoms with van der Waals surface area (Å²) in [6.07, 6.45) is 0.859. The molecule has 0 bridgehead atoms. The minimum Gasteiger partial charge on any atom is -0.372 e. The second-order valence-corrected chi connectivity index (χ2v) is 9.09. The molecule has 1 aliphatic rings. The number of ether oxygens (including phenoxy) is 1. The molecule has 0 amide bonds. The molecule has 3 aromatic heterocycles. The monoisotopic (exact) mass is 412 g/mol. The van der Waals surface area contributed by atoms with E-state index in [1.165, 1.54) is 0 Å². The highest BCUT2D eigenvalue weighted by Crippen LogP contribution is 2.36. The van der Waals surface area contributed by atoms with Gasteiger partial charge in [0.25, 0.3) is 5.56 Å². The van der Waals surface area contributed by atoms with Gasteiger partial charge in [-0.3, -0.25) is 4.79 Å². The van der Waals surface area contributed by atoms with Crippen LogP contribution in [0.4, 0.5) is 0 Å². The van der Waals surface area contributed by atoms with Crippen molar-refractivity contribution in [1.82, 2.24) is 19.2 Å². The van der Waals surface area contributed by atoms with Crippen molar-refractivity contribution in [3.8, 4) is 5.69 Å². The van der Waals surface area contributed by atoms with Gasteiger partial charge >= 0.3 is 0 Å². The molecule has 0 aliphatic carbocycles. The van der Waals surface area contributed by atoms with Crippen molar-refractivity contribution in [3.63, 3.8) is 0 Å². The Morgan fingerprint density at radius 3 is 2.79 bits per heavy atom. The van der Waals surface area contributed by atoms with Gasteiger partial charge in [-0.1, -0.05) is 31.5 Å². The van der Waals surface area contributed by atoms with Crippen LogP contribution in [-0.2, 0) is 17.8 Å². The molecule has 0 saturated heterocycles. The van der Waals surface area contributed by atoms with Crippen LogP contribution in [0.25, 0.3) is 21.7 Å². The minimum absolute atomic E-state index is 0.0535. The average Bonchev–Trinajstić information content (AvgIpc) is 3.23. The van der Waals surface area contributed by atoms with E-state index in [0.717, 1.165) is 38.3 Å². The zero-order valence-corrected chi connectivity index (χ0v) is 17.5. The zero-order chi connectivity index (χ0) is 19.6. The third-order valence-corrected chi connectivity index (χ3v) is 6.88. The molecular formula is C20H20N4O2S2. The molecule has 5 rings (SSSR count). The Labute approximate surface area is 170 Å². The number of benzene rings is 1. The smallest absolute Gasteiger partial charge is 0.268 e. The molecule has 144 valence electrons. The van der Waals surface area contributed by atoms with Crippen LogP contribution in [0, 0.1) is 17.6 Å². The molecule has 0 radical (unpaired) electrons. The molecule has 4 aromatic rings. The molecule has 0 fully saturated rings. The van der Waals surface area contributed by atoms with Crippen LogP contribution in [0.1, 0.15) is 29.9 Å². The molecule has 6 nitrogen and oxygen atoms in total. The van der Waals surface area contributed by atoms with Crippen LogP contribution in [0.5, 0.6) is 0 Å². The van der Waals surface area contributed by atoms with Crippen molar-refractivity contribution in [2.24, 2.45) is 5.92 Å². The third-order valence-electron chi connectivity index (χ3n) is 5.42. The largest absolute Gasteiger partial charge is 0.372 e. The van der Waals surface area contributed by atoms with Gasteiger partial charge in [0.1, 0.15) is 4.83 Å². The number of H-pyrrole nitrogens is 1. The van der Waals surface area contributed by atoms with E-state index in [2.05, 4.69) is 24.0 Å². The summed E-state index contributed by atoms with van der Waals surface area (Å²) in [5.74, 6) is 0.897. The van der Waals surface area contributed by atoms with Crippen molar-refractivity contribution >= 4 is 39.5 Å². The Morgan fingerprint density at radius 1 is 1.32 bits per heavy atom. The topological polar surface area (TPSA) is 64.3 Å². The Morgan fingerprint density at radius 2 is 2.07 bits per heavy atom. The Balaban J connectivity index is 1.89. The molecule has 1 N–H and O–H groups in total. The summed E-state index contributed by atoms with van der Waals surface area (Å²) in [5.41, 5.74) is 2.96. The SMILES string of the molecule is Cc1ccc(-n2c(=O)c3c4c(sc3n3c(=S)[nH]nc23)COC(C(C)C)C4)cc1. The van der Waals surface area contributed by atoms with Crippen LogP contribution in [0.2, 0.25) is 0 Å². The number of nitrogens with zero attached hydrogens (tertiary/aromatic N) is 3. The first-order valence-corrected chi connectivity index (χ1v) is 10.5. The Hall–Kier alpha value is -2.29. The first-order valence-electron chi connectivity index (χ1n) is 9.30. The summed E-state index contributed by atoms with van der Waals surface area (Å²) < 4.78 is 10.0. The molecule has 0 spiro atoms. The normalized spacial score (nSPS) is 16.9. The Bertz CT molecular complexity index is 1320. The third kappa shape index (κ3) is 2.52. The van der Waals surface area contributed by atoms with E-state index < -0.39 is 0 Å². The maximum absolute atomic E-state index is 13.7. The lowest BCUT2D eigenvalue weighted by atomic mass is 9.96. The highest BCUT2D eigenvalue weighted by molar-refractivity contribution is 7.71. The number of thiophene rings is 1. The molecule has 28 heavy (non-hydrogen) atoms. The predicted molar refractivity (Wildman–Crippen MR) is 113 cm³/mol. The van der Waals surface area contributed by atoms with Crippen molar-refractivity contribution < 1.29 is 4.74 Å². The van der Waals surface area contributed by atoms with Gasteiger partial charge in [0.15, 0.2) is 0 Å². The summed E-state index contributed by atoms with van der Waals surface area (Å²) in [5, 5.41) is 7.95. The highest BCUT2D eigenvalue weighted by Gasteiger charge is 2.29. The Kier molecular flexibility index (Phi) is 4.04. The first-order chi connectivity index (χ1) is 13.5. The second-order valence-electron chi connectivity index (χ2n) is 7.62. The van der Waals surface area contributed by atoms with Crippen LogP contribution in [0.15, 0.2) is 29.1 Å². The van der Waals surface area contributed by atoms with E-state index in [1.807, 2.05) is 35.6 Å². The van der Waals surface area contributed by atoms with Crippen molar-refractivity contribution in [3.05, 3.63) is 55.4 Å². The molecule has 1 atom stereocenters. The predicted octanol–water partition coefficient (Wildman–Crippen LogP) is 4.16. The summed E-state index contributed by atoms with van der Waals surface area (Å²) in [6, 6.07) is 7.88. The number of nitrogens with one attached hydrogen (secondary N) is 1. The van der Waals surface area contributed by atoms with Crippen LogP contribution in [0.3, 0.4) is 0 Å². The lowest BCUT2D eigenvalue weighted by Crippen LogP contribution is -2.28. The number of fused-ring (bicyclic) bond motifs is 5. The number of aromatic nitrogens is 4. The van der Waals surface area contributed by atoms with E-state index >= 15 is 0 Å². The van der Waals surface area contributed by atoms with Crippen molar-refractivity contribution in [2.75, 3.05) is 0 Å². The molecule has 1 aromatic carbocycles. The van der Waals surface area contributed by atoms with Crippen LogP contribution < -0.4 is 5.56 Å². The molecular weight excluding hydrogens is 392 g/mol. The molecule has 4 heterocycles. The minimum atomic E-state index is -0.0535. The fraction of sp³-hybridized carbons (Fsp3) is 0.350. The lowest BCUT2D eigenvalue weighted by molar-refractivity contribution is 0.00200. The lowest BCUT2D eigenvalue weighted by Gasteiger charge is -2.26. The molecule has 1 unspecified atom stereocenters. The fourth-order valence-corrected chi connectivity index (χ4v) is 5.35. The quantitative estimate of drug-likeness (QED) is 0.502. The summed E-state index contributed by atoms with van der Waals surface area (Å²) in [7, 11) is 0. The maximum Gasteiger partial charge on any atom is 0.268 e. The molecule has 8 heteroatoms. The van der Waals surface area contributed by atoms with Crippen molar-refractivity contribution in [1.29, 1.82) is 0 Å². The van der Waals surface area contributed by atoms with E-state index in [-0.39, 0.29) is 11.7 Å². The van der Waals surface area contributed by atoms with Gasteiger partial charge in [-0.15, -0.1) is 16.4 Å². The van der Waals surface area contributed by atoms with Gasteiger partial charge in [-0.25, -0.2) is 14.1 Å². The van der Waals surface area contributed by atoms with E-state index in [1.54, 1.807) is 15.9 Å². The summed E-state index contributed by atoms with van der Waals surface area (Å²) in [4.78, 5) is 15.6. The van der Waals surface area contributed by atoms with Crippen LogP contribution >= 0.6 is 23.6 Å². The van der Waals surface area contributed by atoms with E-state index in [0.29, 0.717) is 23.1 Å². The second kappa shape index (κ2) is 6.37. The fourth-order valence-electron chi connectivity index (χ4n) is 3.83. The van der Waals surface area contributed by atoms with Crippen molar-refractivity contribution in [2.45, 2.75) is 39.9 Å². The highest BCUT2D eigenvalue weighted by atomic mass is 32.1. The van der Waals surface area contributed by atoms with Gasteiger partial charge in [0.2, 0.25) is 10.5 Å². The standard InChI is InChI=1S/C20H20N4O2S2/c1-10(2)14-8-13-15(9-26-14)28-18-16(13)17(25)23(12-6-4-11(3)5-7-12)19-21-22-20(27)24(18)19/h4-7,10,14H,8-9H2,1-3H3,(H,22,27). The first kappa shape index (κ1) is 17.8. The number of hydrogen-bond donors (Lipinski definition) is 1. The maximum atomic E-state index is 13.7. The van der Waals surface area contributed by atoms with Gasteiger partial charge in [-0.05, 0) is 42.8 Å². The molecule has 0 saturated carbocycles. The average molecular weight is 413 g/mol. The number of rotatable bonds is 2. The van der Waals surface area contributed by atoms with Gasteiger partial charge < -0.3 is 4.74 Å². The number of aryl methyl sites for hydroxylation is 1. The number of aromatic amines is 1. The van der Waals surface area contributed by atoms with Gasteiger partial charge in [0.05, 0.1) is 23.8 Å². The van der Waals surface area contributed by atoms with E-state index in [9.17, 15) is 4.79 Å². The summed E-state index contributed by atoms with van der Waals surface area (Å²) >= 11 is 7.08. The summed E-state index contributed by atoms with van der Waals surface area (Å²) in [6.45, 7) is 6.86. The molecule has 1 aliphatic heterocycles. The number of hydrogen-bond acceptors (Lipinski definition) is 5. The van der Waals surface area contributed by atoms with Crippen LogP contribution in [-0.4, -0.2) is 25.3 Å². The van der Waals surface area contributed by atoms with Gasteiger partial charge in [-0.2, -0.15) is 0 Å². The van der Waals surface area contributed by atoms with Gasteiger partial charge in [0, 0.05) is 11.3 Å².